The summed E-state index contributed by atoms with van der Waals surface area (Å²) in [5.74, 6) is 1.49. The second kappa shape index (κ2) is 5.03. The van der Waals surface area contributed by atoms with Crippen LogP contribution in [0, 0.1) is 0 Å². The topological polar surface area (TPSA) is 0 Å². The molecule has 0 saturated heterocycles. The number of allylic oxidation sites excluding steroid dienone is 1. The van der Waals surface area contributed by atoms with Crippen LogP contribution in [0.15, 0.2) is 30.3 Å². The van der Waals surface area contributed by atoms with E-state index in [2.05, 4.69) is 36.4 Å². The molecule has 16 heavy (non-hydrogen) atoms. The van der Waals surface area contributed by atoms with Crippen molar-refractivity contribution < 1.29 is 0 Å². The van der Waals surface area contributed by atoms with Crippen molar-refractivity contribution in [3.8, 4) is 0 Å². The highest BCUT2D eigenvalue weighted by Gasteiger charge is 2.17. The molecule has 0 heterocycles. The van der Waals surface area contributed by atoms with Crippen LogP contribution in [-0.2, 0) is 0 Å². The Morgan fingerprint density at radius 2 is 2.00 bits per heavy atom. The van der Waals surface area contributed by atoms with E-state index in [1.165, 1.54) is 11.1 Å². The lowest BCUT2D eigenvalue weighted by Gasteiger charge is -2.19. The minimum absolute atomic E-state index is 0.561. The quantitative estimate of drug-likeness (QED) is 0.697. The number of hydrogen-bond acceptors (Lipinski definition) is 0. The molecular weight excluding hydrogens is 259 g/mol. The van der Waals surface area contributed by atoms with Gasteiger partial charge in [-0.2, -0.15) is 0 Å². The fraction of sp³-hybridized carbons (Fsp3) is 0.385. The molecular formula is C13H16Cl2S. The fourth-order valence-electron chi connectivity index (χ4n) is 2.13. The minimum Gasteiger partial charge on any atom is -0.0873 e. The van der Waals surface area contributed by atoms with Gasteiger partial charge >= 0.3 is 0 Å². The molecule has 1 aromatic rings. The van der Waals surface area contributed by atoms with Crippen molar-refractivity contribution in [3.05, 3.63) is 41.5 Å². The van der Waals surface area contributed by atoms with Crippen molar-refractivity contribution in [2.24, 2.45) is 0 Å². The van der Waals surface area contributed by atoms with Gasteiger partial charge in [0.1, 0.15) is 0 Å². The zero-order valence-corrected chi connectivity index (χ0v) is 11.7. The maximum Gasteiger partial charge on any atom is 0.00278 e. The lowest BCUT2D eigenvalue weighted by atomic mass is 9.97. The van der Waals surface area contributed by atoms with Crippen LogP contribution in [0.2, 0.25) is 0 Å². The molecule has 0 N–H and O–H groups in total. The van der Waals surface area contributed by atoms with Gasteiger partial charge in [-0.15, -0.1) is 0 Å². The van der Waals surface area contributed by atoms with Crippen molar-refractivity contribution in [2.45, 2.75) is 18.8 Å². The molecule has 1 atom stereocenters. The van der Waals surface area contributed by atoms with Crippen molar-refractivity contribution in [1.29, 1.82) is 0 Å². The van der Waals surface area contributed by atoms with E-state index in [1.54, 1.807) is 0 Å². The van der Waals surface area contributed by atoms with Crippen molar-refractivity contribution >= 4 is 35.9 Å². The van der Waals surface area contributed by atoms with Gasteiger partial charge in [0.15, 0.2) is 0 Å². The average molecular weight is 275 g/mol. The molecule has 2 rings (SSSR count). The maximum atomic E-state index is 6.05. The third-order valence-corrected chi connectivity index (χ3v) is 4.85. The van der Waals surface area contributed by atoms with Gasteiger partial charge in [0.25, 0.3) is 0 Å². The molecule has 1 aromatic carbocycles. The molecule has 0 nitrogen and oxygen atoms in total. The molecule has 0 radical (unpaired) electrons. The third-order valence-electron chi connectivity index (χ3n) is 2.92. The molecule has 0 fully saturated rings. The Morgan fingerprint density at radius 1 is 1.25 bits per heavy atom. The van der Waals surface area contributed by atoms with Crippen LogP contribution in [0.5, 0.6) is 0 Å². The molecule has 0 amide bonds. The van der Waals surface area contributed by atoms with E-state index in [0.717, 1.165) is 18.6 Å². The molecule has 0 aromatic heterocycles. The van der Waals surface area contributed by atoms with Crippen LogP contribution in [0.25, 0.3) is 6.08 Å². The molecule has 0 saturated carbocycles. The zero-order valence-electron chi connectivity index (χ0n) is 9.33. The first-order valence-electron chi connectivity index (χ1n) is 5.49. The van der Waals surface area contributed by atoms with Gasteiger partial charge in [-0.25, -0.2) is 0 Å². The maximum absolute atomic E-state index is 6.05. The molecule has 88 valence electrons. The SMILES string of the molecule is CS(Cl)(Cl)CCCC1C=Cc2ccccc21. The first-order valence-corrected chi connectivity index (χ1v) is 9.35. The zero-order chi connectivity index (χ0) is 11.6. The molecule has 0 aliphatic heterocycles. The standard InChI is InChI=1S/C13H16Cl2S/c1-16(14,15)10-4-6-12-9-8-11-5-2-3-7-13(11)12/h2-3,5,7-9,12H,4,6,10H2,1H3. The largest absolute Gasteiger partial charge is 0.0873 e. The summed E-state index contributed by atoms with van der Waals surface area (Å²) in [6.07, 6.45) is 8.69. The summed E-state index contributed by atoms with van der Waals surface area (Å²) in [6, 6.07) is 8.58. The van der Waals surface area contributed by atoms with E-state index in [1.807, 2.05) is 6.26 Å². The Hall–Kier alpha value is -0.110. The minimum atomic E-state index is -1.37. The fourth-order valence-corrected chi connectivity index (χ4v) is 3.46. The van der Waals surface area contributed by atoms with Gasteiger partial charge in [0, 0.05) is 11.7 Å². The van der Waals surface area contributed by atoms with Crippen LogP contribution in [0.1, 0.15) is 29.9 Å². The van der Waals surface area contributed by atoms with Crippen LogP contribution in [0.4, 0.5) is 0 Å². The van der Waals surface area contributed by atoms with Gasteiger partial charge in [-0.1, -0.05) is 66.2 Å². The Kier molecular flexibility index (Phi) is 3.89. The van der Waals surface area contributed by atoms with E-state index in [4.69, 9.17) is 21.4 Å². The summed E-state index contributed by atoms with van der Waals surface area (Å²) in [4.78, 5) is 0. The van der Waals surface area contributed by atoms with Gasteiger partial charge < -0.3 is 0 Å². The highest BCUT2D eigenvalue weighted by atomic mass is 36.0. The van der Waals surface area contributed by atoms with Crippen molar-refractivity contribution in [3.63, 3.8) is 0 Å². The third kappa shape index (κ3) is 3.19. The first-order chi connectivity index (χ1) is 7.56. The molecule has 1 aliphatic rings. The van der Waals surface area contributed by atoms with E-state index >= 15 is 0 Å². The summed E-state index contributed by atoms with van der Waals surface area (Å²) in [5, 5.41) is 0. The normalized spacial score (nSPS) is 19.8. The summed E-state index contributed by atoms with van der Waals surface area (Å²) in [7, 11) is 10.7. The van der Waals surface area contributed by atoms with Crippen LogP contribution < -0.4 is 0 Å². The number of rotatable bonds is 4. The van der Waals surface area contributed by atoms with Crippen molar-refractivity contribution in [1.82, 2.24) is 0 Å². The number of halogens is 2. The predicted octanol–water partition coefficient (Wildman–Crippen LogP) is 5.32. The summed E-state index contributed by atoms with van der Waals surface area (Å²) in [6.45, 7) is 0. The molecule has 3 heteroatoms. The smallest absolute Gasteiger partial charge is 0.00278 e. The van der Waals surface area contributed by atoms with Gasteiger partial charge in [0.2, 0.25) is 0 Å². The number of benzene rings is 1. The van der Waals surface area contributed by atoms with E-state index in [9.17, 15) is 0 Å². The van der Waals surface area contributed by atoms with E-state index < -0.39 is 8.46 Å². The highest BCUT2D eigenvalue weighted by Crippen LogP contribution is 2.55. The first kappa shape index (κ1) is 12.3. The van der Waals surface area contributed by atoms with Crippen LogP contribution >= 0.6 is 29.8 Å². The Bertz CT molecular complexity index is 393. The Morgan fingerprint density at radius 3 is 2.75 bits per heavy atom. The molecule has 1 unspecified atom stereocenters. The van der Waals surface area contributed by atoms with Crippen LogP contribution in [-0.4, -0.2) is 12.0 Å². The summed E-state index contributed by atoms with van der Waals surface area (Å²) in [5.41, 5.74) is 2.81. The number of fused-ring (bicyclic) bond motifs is 1. The van der Waals surface area contributed by atoms with E-state index in [-0.39, 0.29) is 0 Å². The summed E-state index contributed by atoms with van der Waals surface area (Å²) >= 11 is 0. The molecule has 0 spiro atoms. The second-order valence-electron chi connectivity index (χ2n) is 4.31. The Balaban J connectivity index is 1.92. The van der Waals surface area contributed by atoms with Gasteiger partial charge in [0.05, 0.1) is 0 Å². The predicted molar refractivity (Wildman–Crippen MR) is 77.5 cm³/mol. The van der Waals surface area contributed by atoms with Crippen LogP contribution in [0.3, 0.4) is 0 Å². The Labute approximate surface area is 108 Å². The lowest BCUT2D eigenvalue weighted by molar-refractivity contribution is 0.731. The van der Waals surface area contributed by atoms with E-state index in [0.29, 0.717) is 5.92 Å². The van der Waals surface area contributed by atoms with Gasteiger partial charge in [-0.05, 0) is 30.2 Å². The van der Waals surface area contributed by atoms with Crippen molar-refractivity contribution in [2.75, 3.05) is 12.0 Å². The second-order valence-corrected chi connectivity index (χ2v) is 11.0. The molecule has 0 bridgehead atoms. The molecule has 1 aliphatic carbocycles. The average Bonchev–Trinajstić information content (AvgIpc) is 2.60. The summed E-state index contributed by atoms with van der Waals surface area (Å²) < 4.78 is 0. The monoisotopic (exact) mass is 274 g/mol. The lowest BCUT2D eigenvalue weighted by Crippen LogP contribution is -1.96. The number of hydrogen-bond donors (Lipinski definition) is 0. The highest BCUT2D eigenvalue weighted by molar-refractivity contribution is 8.65. The van der Waals surface area contributed by atoms with Gasteiger partial charge in [-0.3, -0.25) is 0 Å².